The van der Waals surface area contributed by atoms with Crippen LogP contribution in [0.4, 0.5) is 4.79 Å². The highest BCUT2D eigenvalue weighted by molar-refractivity contribution is 6.04. The summed E-state index contributed by atoms with van der Waals surface area (Å²) in [6.45, 7) is 6.29. The van der Waals surface area contributed by atoms with Crippen molar-refractivity contribution >= 4 is 17.9 Å². The summed E-state index contributed by atoms with van der Waals surface area (Å²) in [5, 5.41) is 2.34. The third kappa shape index (κ3) is 1.47. The third-order valence-electron chi connectivity index (χ3n) is 3.58. The van der Waals surface area contributed by atoms with Crippen molar-refractivity contribution in [2.45, 2.75) is 19.1 Å². The molecule has 0 aliphatic carbocycles. The molecule has 3 aliphatic rings. The molecule has 1 N–H and O–H groups in total. The molecule has 3 rings (SSSR count). The summed E-state index contributed by atoms with van der Waals surface area (Å²) in [7, 11) is 1.64. The number of carbonyl (C=O) groups excluding carboxylic acids is 2. The van der Waals surface area contributed by atoms with Crippen LogP contribution in [0.25, 0.3) is 0 Å². The van der Waals surface area contributed by atoms with Crippen molar-refractivity contribution in [3.63, 3.8) is 0 Å². The van der Waals surface area contributed by atoms with Crippen molar-refractivity contribution in [3.8, 4) is 0 Å². The van der Waals surface area contributed by atoms with Gasteiger partial charge in [0.15, 0.2) is 12.2 Å². The number of amides is 3. The summed E-state index contributed by atoms with van der Waals surface area (Å²) in [6, 6.07) is -0.893. The maximum Gasteiger partial charge on any atom is 0.325 e. The molecular weight excluding hydrogens is 246 g/mol. The highest BCUT2D eigenvalue weighted by Gasteiger charge is 2.51. The van der Waals surface area contributed by atoms with E-state index in [1.54, 1.807) is 13.1 Å². The zero-order valence-electron chi connectivity index (χ0n) is 10.8. The molecule has 3 amide bonds. The number of likely N-dealkylation sites (N-methyl/N-ethyl adjacent to an activating group) is 1. The summed E-state index contributed by atoms with van der Waals surface area (Å²) in [5.74, 6) is 0.389. The molecule has 100 valence electrons. The Balaban J connectivity index is 1.98. The van der Waals surface area contributed by atoms with Gasteiger partial charge >= 0.3 is 6.03 Å². The first-order valence-corrected chi connectivity index (χ1v) is 6.05. The van der Waals surface area contributed by atoms with E-state index in [9.17, 15) is 9.59 Å². The molecule has 2 atom stereocenters. The van der Waals surface area contributed by atoms with Crippen LogP contribution in [-0.4, -0.2) is 58.4 Å². The highest BCUT2D eigenvalue weighted by atomic mass is 16.2. The number of imide groups is 1. The average Bonchev–Trinajstić information content (AvgIpc) is 2.85. The van der Waals surface area contributed by atoms with E-state index >= 15 is 0 Å². The standard InChI is InChI=1S/C12H15N5O2/c1-4-5-16-7(2)6-17-8-9(13-11(16)17)15(3)12(19)14-10(8)18/h4,6,8-9H,1,5H2,2-3H3,(H,14,18,19). The first-order chi connectivity index (χ1) is 9.04. The molecule has 0 aromatic rings. The van der Waals surface area contributed by atoms with E-state index in [-0.39, 0.29) is 5.91 Å². The Morgan fingerprint density at radius 2 is 2.26 bits per heavy atom. The molecule has 1 saturated heterocycles. The second-order valence-electron chi connectivity index (χ2n) is 4.77. The van der Waals surface area contributed by atoms with E-state index in [2.05, 4.69) is 16.9 Å². The van der Waals surface area contributed by atoms with Crippen LogP contribution in [0.15, 0.2) is 29.5 Å². The Morgan fingerprint density at radius 3 is 2.95 bits per heavy atom. The van der Waals surface area contributed by atoms with Gasteiger partial charge in [0.25, 0.3) is 5.91 Å². The van der Waals surface area contributed by atoms with Crippen molar-refractivity contribution in [3.05, 3.63) is 24.6 Å². The van der Waals surface area contributed by atoms with E-state index in [1.165, 1.54) is 4.90 Å². The molecule has 2 unspecified atom stereocenters. The van der Waals surface area contributed by atoms with Gasteiger partial charge in [-0.15, -0.1) is 6.58 Å². The number of aliphatic imine (C=N–C) groups is 1. The third-order valence-corrected chi connectivity index (χ3v) is 3.58. The molecule has 7 heteroatoms. The maximum atomic E-state index is 12.0. The van der Waals surface area contributed by atoms with Gasteiger partial charge in [-0.3, -0.25) is 10.1 Å². The Labute approximate surface area is 110 Å². The summed E-state index contributed by atoms with van der Waals surface area (Å²) in [5.41, 5.74) is 1.00. The molecule has 0 radical (unpaired) electrons. The molecular formula is C12H15N5O2. The molecule has 0 aromatic heterocycles. The van der Waals surface area contributed by atoms with E-state index in [0.29, 0.717) is 12.5 Å². The van der Waals surface area contributed by atoms with Gasteiger partial charge in [-0.05, 0) is 6.92 Å². The second-order valence-corrected chi connectivity index (χ2v) is 4.77. The van der Waals surface area contributed by atoms with Crippen molar-refractivity contribution in [2.24, 2.45) is 4.99 Å². The quantitative estimate of drug-likeness (QED) is 0.705. The minimum Gasteiger partial charge on any atom is -0.311 e. The number of nitrogens with zero attached hydrogens (tertiary/aromatic N) is 4. The number of allylic oxidation sites excluding steroid dienone is 1. The highest BCUT2D eigenvalue weighted by Crippen LogP contribution is 2.31. The summed E-state index contributed by atoms with van der Waals surface area (Å²) < 4.78 is 0. The van der Waals surface area contributed by atoms with Gasteiger partial charge < -0.3 is 14.7 Å². The lowest BCUT2D eigenvalue weighted by molar-refractivity contribution is -0.126. The monoisotopic (exact) mass is 261 g/mol. The predicted molar refractivity (Wildman–Crippen MR) is 68.8 cm³/mol. The van der Waals surface area contributed by atoms with Gasteiger partial charge in [0, 0.05) is 25.5 Å². The van der Waals surface area contributed by atoms with Gasteiger partial charge in [-0.1, -0.05) is 6.08 Å². The number of urea groups is 1. The van der Waals surface area contributed by atoms with E-state index in [0.717, 1.165) is 5.70 Å². The summed E-state index contributed by atoms with van der Waals surface area (Å²) in [4.78, 5) is 33.4. The van der Waals surface area contributed by atoms with Crippen LogP contribution in [0.3, 0.4) is 0 Å². The zero-order chi connectivity index (χ0) is 13.7. The largest absolute Gasteiger partial charge is 0.325 e. The van der Waals surface area contributed by atoms with Crippen LogP contribution < -0.4 is 5.32 Å². The van der Waals surface area contributed by atoms with Crippen molar-refractivity contribution < 1.29 is 9.59 Å². The Hall–Kier alpha value is -2.31. The van der Waals surface area contributed by atoms with Crippen molar-refractivity contribution in [2.75, 3.05) is 13.6 Å². The van der Waals surface area contributed by atoms with Crippen LogP contribution in [0.5, 0.6) is 0 Å². The number of hydrogen-bond acceptors (Lipinski definition) is 5. The van der Waals surface area contributed by atoms with Crippen molar-refractivity contribution in [1.29, 1.82) is 0 Å². The lowest BCUT2D eigenvalue weighted by atomic mass is 10.1. The topological polar surface area (TPSA) is 68.2 Å². The summed E-state index contributed by atoms with van der Waals surface area (Å²) in [6.07, 6.45) is 3.20. The number of guanidine groups is 1. The summed E-state index contributed by atoms with van der Waals surface area (Å²) >= 11 is 0. The van der Waals surface area contributed by atoms with Gasteiger partial charge in [-0.25, -0.2) is 9.79 Å². The molecule has 0 spiro atoms. The smallest absolute Gasteiger partial charge is 0.311 e. The minimum absolute atomic E-state index is 0.309. The average molecular weight is 261 g/mol. The van der Waals surface area contributed by atoms with Crippen LogP contribution in [0.1, 0.15) is 6.92 Å². The first-order valence-electron chi connectivity index (χ1n) is 6.05. The lowest BCUT2D eigenvalue weighted by Crippen LogP contribution is -2.62. The Morgan fingerprint density at radius 1 is 1.53 bits per heavy atom. The molecule has 1 fully saturated rings. The first kappa shape index (κ1) is 11.8. The second kappa shape index (κ2) is 3.84. The van der Waals surface area contributed by atoms with E-state index in [1.807, 2.05) is 22.9 Å². The van der Waals surface area contributed by atoms with Gasteiger partial charge in [0.1, 0.15) is 0 Å². The number of hydrogen-bond donors (Lipinski definition) is 1. The number of nitrogens with one attached hydrogen (secondary N) is 1. The van der Waals surface area contributed by atoms with Gasteiger partial charge in [0.2, 0.25) is 5.96 Å². The van der Waals surface area contributed by atoms with E-state index < -0.39 is 18.2 Å². The van der Waals surface area contributed by atoms with Crippen LogP contribution in [0, 0.1) is 0 Å². The molecule has 3 aliphatic heterocycles. The molecule has 0 bridgehead atoms. The van der Waals surface area contributed by atoms with Crippen LogP contribution in [0.2, 0.25) is 0 Å². The van der Waals surface area contributed by atoms with Crippen molar-refractivity contribution in [1.82, 2.24) is 20.0 Å². The fraction of sp³-hybridized carbons (Fsp3) is 0.417. The fourth-order valence-corrected chi connectivity index (χ4v) is 2.60. The molecule has 0 aromatic carbocycles. The van der Waals surface area contributed by atoms with E-state index in [4.69, 9.17) is 0 Å². The Kier molecular flexibility index (Phi) is 2.38. The number of rotatable bonds is 2. The fourth-order valence-electron chi connectivity index (χ4n) is 2.60. The normalized spacial score (nSPS) is 28.8. The zero-order valence-corrected chi connectivity index (χ0v) is 10.8. The van der Waals surface area contributed by atoms with Crippen LogP contribution in [-0.2, 0) is 4.79 Å². The molecule has 19 heavy (non-hydrogen) atoms. The molecule has 0 saturated carbocycles. The number of carbonyl (C=O) groups is 2. The van der Waals surface area contributed by atoms with Crippen LogP contribution >= 0.6 is 0 Å². The minimum atomic E-state index is -0.484. The van der Waals surface area contributed by atoms with Gasteiger partial charge in [0.05, 0.1) is 0 Å². The van der Waals surface area contributed by atoms with Gasteiger partial charge in [-0.2, -0.15) is 0 Å². The number of fused-ring (bicyclic) bond motifs is 3. The SMILES string of the molecule is C=CCN1C(C)=CN2C1=NC1C2C(=O)NC(=O)N1C. The molecule has 7 nitrogen and oxygen atoms in total. The lowest BCUT2D eigenvalue weighted by Gasteiger charge is -2.34. The Bertz CT molecular complexity index is 538. The maximum absolute atomic E-state index is 12.0. The molecule has 3 heterocycles. The predicted octanol–water partition coefficient (Wildman–Crippen LogP) is -0.103.